The van der Waals surface area contributed by atoms with Crippen LogP contribution in [-0.2, 0) is 46.5 Å². The lowest BCUT2D eigenvalue weighted by Gasteiger charge is -2.45. The smallest absolute Gasteiger partial charge is 0.407 e. The average molecular weight is 580 g/mol. The van der Waals surface area contributed by atoms with Crippen LogP contribution in [0.2, 0.25) is 0 Å². The molecule has 5 atom stereocenters. The van der Waals surface area contributed by atoms with Crippen molar-refractivity contribution in [2.75, 3.05) is 6.61 Å². The molecule has 3 aromatic carbocycles. The van der Waals surface area contributed by atoms with Crippen molar-refractivity contribution in [1.29, 1.82) is 0 Å². The Hall–Kier alpha value is -3.86. The Kier molecular flexibility index (Phi) is 11.2. The molecule has 216 valence electrons. The molecule has 9 nitrogen and oxygen atoms in total. The fraction of sp³-hybridized carbons (Fsp3) is 0.323. The third-order valence-electron chi connectivity index (χ3n) is 6.18. The van der Waals surface area contributed by atoms with E-state index in [-0.39, 0.29) is 19.8 Å². The van der Waals surface area contributed by atoms with Crippen LogP contribution in [-0.4, -0.2) is 54.4 Å². The fourth-order valence-corrected chi connectivity index (χ4v) is 5.49. The van der Waals surface area contributed by atoms with E-state index in [2.05, 4.69) is 5.32 Å². The third kappa shape index (κ3) is 9.34. The van der Waals surface area contributed by atoms with Crippen LogP contribution in [0.25, 0.3) is 0 Å². The second-order valence-electron chi connectivity index (χ2n) is 9.34. The number of hydrogen-bond acceptors (Lipinski definition) is 9. The van der Waals surface area contributed by atoms with Gasteiger partial charge in [0, 0.05) is 18.7 Å². The highest BCUT2D eigenvalue weighted by atomic mass is 32.2. The molecule has 1 amide bonds. The summed E-state index contributed by atoms with van der Waals surface area (Å²) in [6.07, 6.45) is -3.44. The Morgan fingerprint density at radius 1 is 0.756 bits per heavy atom. The fourth-order valence-electron chi connectivity index (χ4n) is 4.33. The van der Waals surface area contributed by atoms with E-state index in [1.54, 1.807) is 0 Å². The van der Waals surface area contributed by atoms with E-state index in [4.69, 9.17) is 23.7 Å². The van der Waals surface area contributed by atoms with Crippen molar-refractivity contribution in [3.05, 3.63) is 102 Å². The number of thioether (sulfide) groups is 1. The monoisotopic (exact) mass is 579 g/mol. The van der Waals surface area contributed by atoms with Crippen molar-refractivity contribution in [2.24, 2.45) is 0 Å². The van der Waals surface area contributed by atoms with E-state index in [1.807, 2.05) is 91.0 Å². The standard InChI is InChI=1S/C31H33NO8S/c1-21(33)36-20-26-28(39-22(2)34)27(32-31(35)38-19-24-14-8-4-9-15-24)29(37-18-23-12-6-3-7-13-23)30(40-26)41-25-16-10-5-11-17-25/h3-17,26-30H,18-20H2,1-2H3,(H,32,35)/t26?,27?,28-,29+,30-/m1/s1. The second-order valence-corrected chi connectivity index (χ2v) is 10.5. The number of carbonyl (C=O) groups is 3. The summed E-state index contributed by atoms with van der Waals surface area (Å²) >= 11 is 1.39. The van der Waals surface area contributed by atoms with Crippen LogP contribution >= 0.6 is 11.8 Å². The van der Waals surface area contributed by atoms with Gasteiger partial charge < -0.3 is 29.0 Å². The first-order chi connectivity index (χ1) is 19.9. The normalized spacial score (nSPS) is 21.9. The van der Waals surface area contributed by atoms with E-state index < -0.39 is 47.8 Å². The highest BCUT2D eigenvalue weighted by molar-refractivity contribution is 7.99. The first-order valence-electron chi connectivity index (χ1n) is 13.2. The number of alkyl carbamates (subject to hydrolysis) is 1. The van der Waals surface area contributed by atoms with Crippen LogP contribution in [0.1, 0.15) is 25.0 Å². The minimum absolute atomic E-state index is 0.0444. The van der Waals surface area contributed by atoms with Crippen molar-refractivity contribution < 1.29 is 38.1 Å². The first-order valence-corrected chi connectivity index (χ1v) is 14.1. The van der Waals surface area contributed by atoms with Gasteiger partial charge in [-0.1, -0.05) is 90.6 Å². The molecule has 2 unspecified atom stereocenters. The SMILES string of the molecule is CC(=O)OCC1O[C@H](Sc2ccccc2)[C@@H](OCc2ccccc2)C(NC(=O)OCc2ccccc2)[C@@H]1OC(C)=O. The van der Waals surface area contributed by atoms with E-state index >= 15 is 0 Å². The summed E-state index contributed by atoms with van der Waals surface area (Å²) in [5.74, 6) is -1.11. The predicted octanol–water partition coefficient (Wildman–Crippen LogP) is 4.88. The third-order valence-corrected chi connectivity index (χ3v) is 7.34. The van der Waals surface area contributed by atoms with Gasteiger partial charge in [0.15, 0.2) is 6.10 Å². The van der Waals surface area contributed by atoms with E-state index in [9.17, 15) is 14.4 Å². The minimum Gasteiger partial charge on any atom is -0.463 e. The highest BCUT2D eigenvalue weighted by Crippen LogP contribution is 2.36. The average Bonchev–Trinajstić information content (AvgIpc) is 2.97. The van der Waals surface area contributed by atoms with Crippen LogP contribution in [0, 0.1) is 0 Å². The Morgan fingerprint density at radius 3 is 1.93 bits per heavy atom. The van der Waals surface area contributed by atoms with Crippen molar-refractivity contribution in [3.8, 4) is 0 Å². The zero-order valence-corrected chi connectivity index (χ0v) is 23.7. The Balaban J connectivity index is 1.64. The Labute approximate surface area is 243 Å². The topological polar surface area (TPSA) is 109 Å². The van der Waals surface area contributed by atoms with Gasteiger partial charge in [-0.15, -0.1) is 0 Å². The molecule has 1 fully saturated rings. The first kappa shape index (κ1) is 30.1. The van der Waals surface area contributed by atoms with Gasteiger partial charge in [0.2, 0.25) is 0 Å². The number of amides is 1. The van der Waals surface area contributed by atoms with Crippen LogP contribution in [0.3, 0.4) is 0 Å². The van der Waals surface area contributed by atoms with Gasteiger partial charge in [-0.2, -0.15) is 0 Å². The van der Waals surface area contributed by atoms with Crippen molar-refractivity contribution in [1.82, 2.24) is 5.32 Å². The van der Waals surface area contributed by atoms with Crippen LogP contribution in [0.5, 0.6) is 0 Å². The number of nitrogens with one attached hydrogen (secondary N) is 1. The van der Waals surface area contributed by atoms with Crippen LogP contribution in [0.4, 0.5) is 4.79 Å². The van der Waals surface area contributed by atoms with Gasteiger partial charge in [0.25, 0.3) is 0 Å². The zero-order chi connectivity index (χ0) is 29.0. The number of carbonyl (C=O) groups excluding carboxylic acids is 3. The molecule has 4 rings (SSSR count). The van der Waals surface area contributed by atoms with Gasteiger partial charge in [-0.05, 0) is 23.3 Å². The van der Waals surface area contributed by atoms with E-state index in [0.717, 1.165) is 16.0 Å². The Morgan fingerprint density at radius 2 is 1.34 bits per heavy atom. The van der Waals surface area contributed by atoms with Gasteiger partial charge >= 0.3 is 18.0 Å². The van der Waals surface area contributed by atoms with Crippen LogP contribution < -0.4 is 5.32 Å². The molecule has 0 saturated carbocycles. The molecule has 1 aliphatic heterocycles. The van der Waals surface area contributed by atoms with E-state index in [0.29, 0.717) is 0 Å². The van der Waals surface area contributed by atoms with Gasteiger partial charge in [0.1, 0.15) is 36.9 Å². The molecule has 1 saturated heterocycles. The summed E-state index contributed by atoms with van der Waals surface area (Å²) in [4.78, 5) is 37.9. The molecule has 0 aromatic heterocycles. The molecule has 10 heteroatoms. The summed E-state index contributed by atoms with van der Waals surface area (Å²) in [7, 11) is 0. The van der Waals surface area contributed by atoms with Gasteiger partial charge in [-0.25, -0.2) is 4.79 Å². The van der Waals surface area contributed by atoms with Gasteiger partial charge in [0.05, 0.1) is 6.61 Å². The second kappa shape index (κ2) is 15.2. The zero-order valence-electron chi connectivity index (χ0n) is 22.8. The predicted molar refractivity (Wildman–Crippen MR) is 152 cm³/mol. The minimum atomic E-state index is -1.04. The molecule has 3 aromatic rings. The van der Waals surface area contributed by atoms with E-state index in [1.165, 1.54) is 25.6 Å². The molecular formula is C31H33NO8S. The quantitative estimate of drug-likeness (QED) is 0.251. The number of rotatable bonds is 11. The van der Waals surface area contributed by atoms with Crippen LogP contribution in [0.15, 0.2) is 95.9 Å². The molecule has 1 aliphatic rings. The molecule has 0 radical (unpaired) electrons. The molecule has 41 heavy (non-hydrogen) atoms. The summed E-state index contributed by atoms with van der Waals surface area (Å²) < 4.78 is 29.2. The Bertz CT molecular complexity index is 1260. The number of hydrogen-bond donors (Lipinski definition) is 1. The summed E-state index contributed by atoms with van der Waals surface area (Å²) in [5.41, 5.74) is 1.05. The maximum Gasteiger partial charge on any atom is 0.407 e. The van der Waals surface area contributed by atoms with Crippen molar-refractivity contribution in [2.45, 2.75) is 61.7 Å². The molecule has 0 spiro atoms. The van der Waals surface area contributed by atoms with Crippen molar-refractivity contribution >= 4 is 29.8 Å². The molecular weight excluding hydrogens is 546 g/mol. The number of benzene rings is 3. The molecule has 0 bridgehead atoms. The van der Waals surface area contributed by atoms with Gasteiger partial charge in [-0.3, -0.25) is 9.59 Å². The molecule has 0 aliphatic carbocycles. The summed E-state index contributed by atoms with van der Waals surface area (Å²) in [6, 6.07) is 27.5. The number of esters is 2. The summed E-state index contributed by atoms with van der Waals surface area (Å²) in [6.45, 7) is 2.60. The lowest BCUT2D eigenvalue weighted by molar-refractivity contribution is -0.204. The summed E-state index contributed by atoms with van der Waals surface area (Å²) in [5, 5.41) is 2.87. The highest BCUT2D eigenvalue weighted by Gasteiger charge is 2.50. The molecule has 1 heterocycles. The largest absolute Gasteiger partial charge is 0.463 e. The maximum atomic E-state index is 13.1. The lowest BCUT2D eigenvalue weighted by Crippen LogP contribution is -2.65. The maximum absolute atomic E-state index is 13.1. The lowest BCUT2D eigenvalue weighted by atomic mass is 9.96. The van der Waals surface area contributed by atoms with Crippen molar-refractivity contribution in [3.63, 3.8) is 0 Å². The number of ether oxygens (including phenoxy) is 5. The molecule has 1 N–H and O–H groups in total.